The third kappa shape index (κ3) is 3.23. The Labute approximate surface area is 145 Å². The van der Waals surface area contributed by atoms with Crippen LogP contribution in [0.4, 0.5) is 0 Å². The molecule has 6 heteroatoms. The number of morpholine rings is 1. The van der Waals surface area contributed by atoms with Gasteiger partial charge in [0.05, 0.1) is 24.8 Å². The Kier molecular flexibility index (Phi) is 4.73. The summed E-state index contributed by atoms with van der Waals surface area (Å²) in [7, 11) is 1.63. The second kappa shape index (κ2) is 6.79. The zero-order valence-corrected chi connectivity index (χ0v) is 14.4. The molecule has 1 aromatic carbocycles. The highest BCUT2D eigenvalue weighted by molar-refractivity contribution is 6.31. The van der Waals surface area contributed by atoms with Crippen molar-refractivity contribution in [2.45, 2.75) is 19.1 Å². The lowest BCUT2D eigenvalue weighted by molar-refractivity contribution is -0.0486. The second-order valence-corrected chi connectivity index (χ2v) is 6.42. The van der Waals surface area contributed by atoms with E-state index in [9.17, 15) is 9.59 Å². The van der Waals surface area contributed by atoms with E-state index in [1.165, 1.54) is 10.6 Å². The van der Waals surface area contributed by atoms with Crippen molar-refractivity contribution in [3.8, 4) is 0 Å². The SMILES string of the molecule is CC1COC(c2ccccc2Cl)CN1C(=O)c1ccc(=O)n(C)c1. The average Bonchev–Trinajstić information content (AvgIpc) is 2.58. The standard InChI is InChI=1S/C18H19ClN2O3/c1-12-11-24-16(14-5-3-4-6-15(14)19)10-21(12)18(23)13-7-8-17(22)20(2)9-13/h3-9,12,16H,10-11H2,1-2H3. The van der Waals surface area contributed by atoms with Gasteiger partial charge in [0.1, 0.15) is 6.10 Å². The third-order valence-corrected chi connectivity index (χ3v) is 4.62. The maximum atomic E-state index is 12.9. The van der Waals surface area contributed by atoms with Crippen LogP contribution in [0.25, 0.3) is 0 Å². The van der Waals surface area contributed by atoms with Crippen molar-refractivity contribution in [3.05, 3.63) is 69.1 Å². The lowest BCUT2D eigenvalue weighted by atomic mass is 10.0. The summed E-state index contributed by atoms with van der Waals surface area (Å²) in [5.41, 5.74) is 1.23. The minimum atomic E-state index is -0.258. The lowest BCUT2D eigenvalue weighted by Crippen LogP contribution is -2.48. The molecule has 2 unspecified atom stereocenters. The van der Waals surface area contributed by atoms with Gasteiger partial charge < -0.3 is 14.2 Å². The molecule has 24 heavy (non-hydrogen) atoms. The number of benzene rings is 1. The topological polar surface area (TPSA) is 51.5 Å². The summed E-state index contributed by atoms with van der Waals surface area (Å²) < 4.78 is 7.29. The number of pyridine rings is 1. The van der Waals surface area contributed by atoms with Crippen LogP contribution < -0.4 is 5.56 Å². The molecule has 0 spiro atoms. The van der Waals surface area contributed by atoms with Gasteiger partial charge in [-0.15, -0.1) is 0 Å². The molecule has 2 heterocycles. The Balaban J connectivity index is 1.86. The largest absolute Gasteiger partial charge is 0.369 e. The van der Waals surface area contributed by atoms with Gasteiger partial charge in [0.2, 0.25) is 5.56 Å². The molecule has 0 aliphatic carbocycles. The Morgan fingerprint density at radius 1 is 1.25 bits per heavy atom. The third-order valence-electron chi connectivity index (χ3n) is 4.28. The number of hydrogen-bond acceptors (Lipinski definition) is 3. The van der Waals surface area contributed by atoms with Gasteiger partial charge >= 0.3 is 0 Å². The fourth-order valence-corrected chi connectivity index (χ4v) is 3.11. The number of amides is 1. The minimum absolute atomic E-state index is 0.0477. The van der Waals surface area contributed by atoms with Gasteiger partial charge in [-0.2, -0.15) is 0 Å². The summed E-state index contributed by atoms with van der Waals surface area (Å²) in [6.07, 6.45) is 1.31. The molecule has 1 aliphatic heterocycles. The Bertz CT molecular complexity index is 818. The number of carbonyl (C=O) groups excluding carboxylic acids is 1. The number of nitrogens with zero attached hydrogens (tertiary/aromatic N) is 2. The van der Waals surface area contributed by atoms with Crippen LogP contribution in [0.5, 0.6) is 0 Å². The molecular weight excluding hydrogens is 328 g/mol. The van der Waals surface area contributed by atoms with Crippen molar-refractivity contribution in [2.75, 3.05) is 13.2 Å². The van der Waals surface area contributed by atoms with Crippen LogP contribution in [0.3, 0.4) is 0 Å². The summed E-state index contributed by atoms with van der Waals surface area (Å²) in [6.45, 7) is 2.81. The number of carbonyl (C=O) groups is 1. The maximum Gasteiger partial charge on any atom is 0.255 e. The summed E-state index contributed by atoms with van der Waals surface area (Å²) >= 11 is 6.25. The highest BCUT2D eigenvalue weighted by Gasteiger charge is 2.32. The monoisotopic (exact) mass is 346 g/mol. The number of hydrogen-bond donors (Lipinski definition) is 0. The van der Waals surface area contributed by atoms with E-state index in [-0.39, 0.29) is 23.6 Å². The first kappa shape index (κ1) is 16.7. The summed E-state index contributed by atoms with van der Waals surface area (Å²) in [6, 6.07) is 10.4. The molecule has 1 aliphatic rings. The van der Waals surface area contributed by atoms with E-state index in [0.717, 1.165) is 5.56 Å². The highest BCUT2D eigenvalue weighted by Crippen LogP contribution is 2.30. The molecule has 0 N–H and O–H groups in total. The molecule has 0 saturated carbocycles. The van der Waals surface area contributed by atoms with E-state index in [0.29, 0.717) is 23.7 Å². The Morgan fingerprint density at radius 3 is 2.71 bits per heavy atom. The van der Waals surface area contributed by atoms with Gasteiger partial charge in [-0.25, -0.2) is 0 Å². The number of aryl methyl sites for hydroxylation is 1. The number of rotatable bonds is 2. The normalized spacial score (nSPS) is 20.9. The molecule has 1 fully saturated rings. The fraction of sp³-hybridized carbons (Fsp3) is 0.333. The quantitative estimate of drug-likeness (QED) is 0.840. The van der Waals surface area contributed by atoms with E-state index in [2.05, 4.69) is 0 Å². The lowest BCUT2D eigenvalue weighted by Gasteiger charge is -2.38. The van der Waals surface area contributed by atoms with Gasteiger partial charge in [-0.3, -0.25) is 9.59 Å². The number of halogens is 1. The molecule has 0 bridgehead atoms. The molecule has 0 radical (unpaired) electrons. The smallest absolute Gasteiger partial charge is 0.255 e. The molecule has 1 aromatic heterocycles. The van der Waals surface area contributed by atoms with Crippen LogP contribution in [-0.2, 0) is 11.8 Å². The summed E-state index contributed by atoms with van der Waals surface area (Å²) in [4.78, 5) is 26.1. The Hall–Kier alpha value is -2.11. The fourth-order valence-electron chi connectivity index (χ4n) is 2.85. The van der Waals surface area contributed by atoms with Crippen LogP contribution in [0.15, 0.2) is 47.4 Å². The maximum absolute atomic E-state index is 12.9. The molecule has 2 aromatic rings. The first-order valence-electron chi connectivity index (χ1n) is 7.81. The van der Waals surface area contributed by atoms with Gasteiger partial charge in [0.15, 0.2) is 0 Å². The highest BCUT2D eigenvalue weighted by atomic mass is 35.5. The minimum Gasteiger partial charge on any atom is -0.369 e. The van der Waals surface area contributed by atoms with Crippen LogP contribution in [0.1, 0.15) is 28.9 Å². The van der Waals surface area contributed by atoms with Crippen molar-refractivity contribution in [3.63, 3.8) is 0 Å². The predicted molar refractivity (Wildman–Crippen MR) is 92.3 cm³/mol. The van der Waals surface area contributed by atoms with Crippen LogP contribution in [-0.4, -0.2) is 34.6 Å². The summed E-state index contributed by atoms with van der Waals surface area (Å²) in [5.74, 6) is -0.113. The van der Waals surface area contributed by atoms with Crippen molar-refractivity contribution >= 4 is 17.5 Å². The van der Waals surface area contributed by atoms with E-state index < -0.39 is 0 Å². The molecule has 2 atom stereocenters. The first-order chi connectivity index (χ1) is 11.5. The van der Waals surface area contributed by atoms with Crippen LogP contribution in [0, 0.1) is 0 Å². The molecule has 126 valence electrons. The zero-order valence-electron chi connectivity index (χ0n) is 13.6. The van der Waals surface area contributed by atoms with E-state index in [1.54, 1.807) is 24.2 Å². The van der Waals surface area contributed by atoms with Gasteiger partial charge in [-0.1, -0.05) is 29.8 Å². The van der Waals surface area contributed by atoms with Crippen molar-refractivity contribution in [2.24, 2.45) is 7.05 Å². The van der Waals surface area contributed by atoms with Crippen molar-refractivity contribution in [1.82, 2.24) is 9.47 Å². The van der Waals surface area contributed by atoms with Crippen LogP contribution in [0.2, 0.25) is 5.02 Å². The van der Waals surface area contributed by atoms with Gasteiger partial charge in [0.25, 0.3) is 5.91 Å². The first-order valence-corrected chi connectivity index (χ1v) is 8.19. The van der Waals surface area contributed by atoms with Gasteiger partial charge in [-0.05, 0) is 19.1 Å². The zero-order chi connectivity index (χ0) is 17.3. The number of aromatic nitrogens is 1. The number of ether oxygens (including phenoxy) is 1. The predicted octanol–water partition coefficient (Wildman–Crippen LogP) is 2.64. The molecular formula is C18H19ClN2O3. The average molecular weight is 347 g/mol. The molecule has 1 amide bonds. The Morgan fingerprint density at radius 2 is 2.00 bits per heavy atom. The van der Waals surface area contributed by atoms with Crippen molar-refractivity contribution in [1.29, 1.82) is 0 Å². The van der Waals surface area contributed by atoms with Crippen molar-refractivity contribution < 1.29 is 9.53 Å². The van der Waals surface area contributed by atoms with E-state index in [4.69, 9.17) is 16.3 Å². The van der Waals surface area contributed by atoms with Crippen LogP contribution >= 0.6 is 11.6 Å². The van der Waals surface area contributed by atoms with E-state index in [1.807, 2.05) is 31.2 Å². The summed E-state index contributed by atoms with van der Waals surface area (Å²) in [5, 5.41) is 0.631. The second-order valence-electron chi connectivity index (χ2n) is 6.02. The molecule has 3 rings (SSSR count). The molecule has 1 saturated heterocycles. The molecule has 5 nitrogen and oxygen atoms in total. The van der Waals surface area contributed by atoms with E-state index >= 15 is 0 Å². The van der Waals surface area contributed by atoms with Gasteiger partial charge in [0, 0.05) is 29.9 Å².